The number of carbonyl (C=O) groups excluding carboxylic acids is 1. The summed E-state index contributed by atoms with van der Waals surface area (Å²) < 4.78 is 21.7. The molecule has 84 valence electrons. The van der Waals surface area contributed by atoms with Gasteiger partial charge in [-0.1, -0.05) is 6.92 Å². The van der Waals surface area contributed by atoms with Crippen molar-refractivity contribution in [2.24, 2.45) is 5.73 Å². The van der Waals surface area contributed by atoms with Gasteiger partial charge in [0.05, 0.1) is 11.8 Å². The standard InChI is InChI=1S/C8H18N2O3S/c1-4-7(9)8(11)10(2)5-6-14(3,12)13/h7H,4-6,9H2,1-3H3. The van der Waals surface area contributed by atoms with Crippen molar-refractivity contribution >= 4 is 15.7 Å². The lowest BCUT2D eigenvalue weighted by molar-refractivity contribution is -0.131. The SMILES string of the molecule is CCC(N)C(=O)N(C)CCS(C)(=O)=O. The van der Waals surface area contributed by atoms with E-state index in [1.165, 1.54) is 4.90 Å². The quantitative estimate of drug-likeness (QED) is 0.662. The molecule has 0 aromatic heterocycles. The molecule has 0 heterocycles. The Hall–Kier alpha value is -0.620. The van der Waals surface area contributed by atoms with Gasteiger partial charge in [-0.3, -0.25) is 4.79 Å². The van der Waals surface area contributed by atoms with Gasteiger partial charge in [-0.2, -0.15) is 0 Å². The molecule has 0 saturated heterocycles. The largest absolute Gasteiger partial charge is 0.343 e. The fourth-order valence-electron chi connectivity index (χ4n) is 0.871. The summed E-state index contributed by atoms with van der Waals surface area (Å²) in [6.07, 6.45) is 1.70. The molecule has 0 aliphatic rings. The van der Waals surface area contributed by atoms with E-state index in [0.29, 0.717) is 6.42 Å². The zero-order valence-corrected chi connectivity index (χ0v) is 9.67. The minimum atomic E-state index is -3.02. The Morgan fingerprint density at radius 1 is 1.50 bits per heavy atom. The Balaban J connectivity index is 4.09. The van der Waals surface area contributed by atoms with E-state index in [-0.39, 0.29) is 18.2 Å². The topological polar surface area (TPSA) is 80.5 Å². The molecular formula is C8H18N2O3S. The second kappa shape index (κ2) is 5.31. The first kappa shape index (κ1) is 13.4. The first-order valence-corrected chi connectivity index (χ1v) is 6.52. The van der Waals surface area contributed by atoms with Crippen LogP contribution in [0.3, 0.4) is 0 Å². The monoisotopic (exact) mass is 222 g/mol. The van der Waals surface area contributed by atoms with Crippen LogP contribution in [-0.4, -0.2) is 50.9 Å². The number of nitrogens with zero attached hydrogens (tertiary/aromatic N) is 1. The highest BCUT2D eigenvalue weighted by atomic mass is 32.2. The van der Waals surface area contributed by atoms with Crippen LogP contribution in [0, 0.1) is 0 Å². The van der Waals surface area contributed by atoms with Crippen molar-refractivity contribution in [1.29, 1.82) is 0 Å². The fraction of sp³-hybridized carbons (Fsp3) is 0.875. The second-order valence-corrected chi connectivity index (χ2v) is 5.66. The van der Waals surface area contributed by atoms with Crippen LogP contribution in [0.2, 0.25) is 0 Å². The summed E-state index contributed by atoms with van der Waals surface area (Å²) in [5.74, 6) is -0.234. The number of amides is 1. The van der Waals surface area contributed by atoms with Crippen molar-refractivity contribution in [3.8, 4) is 0 Å². The zero-order valence-electron chi connectivity index (χ0n) is 8.86. The van der Waals surface area contributed by atoms with Gasteiger partial charge in [-0.15, -0.1) is 0 Å². The number of sulfone groups is 1. The van der Waals surface area contributed by atoms with Crippen LogP contribution in [0.25, 0.3) is 0 Å². The Morgan fingerprint density at radius 3 is 2.36 bits per heavy atom. The summed E-state index contributed by atoms with van der Waals surface area (Å²) in [6.45, 7) is 2.01. The molecule has 0 aromatic rings. The molecule has 1 atom stereocenters. The minimum absolute atomic E-state index is 0.0221. The van der Waals surface area contributed by atoms with E-state index in [2.05, 4.69) is 0 Å². The average molecular weight is 222 g/mol. The molecule has 1 unspecified atom stereocenters. The molecule has 1 amide bonds. The lowest BCUT2D eigenvalue weighted by Crippen LogP contribution is -2.42. The molecular weight excluding hydrogens is 204 g/mol. The number of hydrogen-bond acceptors (Lipinski definition) is 4. The molecule has 0 aliphatic carbocycles. The summed E-state index contributed by atoms with van der Waals surface area (Å²) in [5.41, 5.74) is 5.52. The third kappa shape index (κ3) is 5.18. The maximum absolute atomic E-state index is 11.4. The molecule has 0 bridgehead atoms. The fourth-order valence-corrected chi connectivity index (χ4v) is 1.48. The van der Waals surface area contributed by atoms with E-state index in [0.717, 1.165) is 6.26 Å². The molecule has 0 saturated carbocycles. The molecule has 6 heteroatoms. The highest BCUT2D eigenvalue weighted by Crippen LogP contribution is 1.95. The Labute approximate surface area is 85.2 Å². The van der Waals surface area contributed by atoms with Gasteiger partial charge in [0.2, 0.25) is 5.91 Å². The smallest absolute Gasteiger partial charge is 0.239 e. The lowest BCUT2D eigenvalue weighted by atomic mass is 10.2. The van der Waals surface area contributed by atoms with E-state index < -0.39 is 15.9 Å². The van der Waals surface area contributed by atoms with Gasteiger partial charge in [-0.25, -0.2) is 8.42 Å². The molecule has 0 rings (SSSR count). The lowest BCUT2D eigenvalue weighted by Gasteiger charge is -2.19. The van der Waals surface area contributed by atoms with Crippen LogP contribution in [0.1, 0.15) is 13.3 Å². The third-order valence-electron chi connectivity index (χ3n) is 1.93. The van der Waals surface area contributed by atoms with E-state index in [1.807, 2.05) is 6.92 Å². The maximum Gasteiger partial charge on any atom is 0.239 e. The van der Waals surface area contributed by atoms with Crippen molar-refractivity contribution in [1.82, 2.24) is 4.90 Å². The number of rotatable bonds is 5. The molecule has 0 spiro atoms. The van der Waals surface area contributed by atoms with E-state index in [1.54, 1.807) is 7.05 Å². The summed E-state index contributed by atoms with van der Waals surface area (Å²) >= 11 is 0. The molecule has 5 nitrogen and oxygen atoms in total. The maximum atomic E-state index is 11.4. The van der Waals surface area contributed by atoms with Gasteiger partial charge in [0.25, 0.3) is 0 Å². The first-order chi connectivity index (χ1) is 6.28. The Morgan fingerprint density at radius 2 is 2.00 bits per heavy atom. The van der Waals surface area contributed by atoms with Crippen LogP contribution in [0.15, 0.2) is 0 Å². The van der Waals surface area contributed by atoms with Gasteiger partial charge in [0.15, 0.2) is 0 Å². The minimum Gasteiger partial charge on any atom is -0.343 e. The summed E-state index contributed by atoms with van der Waals surface area (Å²) in [4.78, 5) is 12.8. The third-order valence-corrected chi connectivity index (χ3v) is 2.85. The van der Waals surface area contributed by atoms with E-state index in [9.17, 15) is 13.2 Å². The molecule has 14 heavy (non-hydrogen) atoms. The van der Waals surface area contributed by atoms with E-state index >= 15 is 0 Å². The first-order valence-electron chi connectivity index (χ1n) is 4.46. The Bertz CT molecular complexity index is 287. The average Bonchev–Trinajstić information content (AvgIpc) is 2.10. The van der Waals surface area contributed by atoms with Crippen molar-refractivity contribution < 1.29 is 13.2 Å². The number of hydrogen-bond donors (Lipinski definition) is 1. The normalized spacial score (nSPS) is 13.7. The van der Waals surface area contributed by atoms with E-state index in [4.69, 9.17) is 5.73 Å². The molecule has 0 aliphatic heterocycles. The van der Waals surface area contributed by atoms with Crippen LogP contribution in [0.4, 0.5) is 0 Å². The Kier molecular flexibility index (Phi) is 5.07. The van der Waals surface area contributed by atoms with Gasteiger partial charge >= 0.3 is 0 Å². The van der Waals surface area contributed by atoms with Crippen molar-refractivity contribution in [3.63, 3.8) is 0 Å². The van der Waals surface area contributed by atoms with Gasteiger partial charge < -0.3 is 10.6 Å². The molecule has 0 fully saturated rings. The molecule has 2 N–H and O–H groups in total. The predicted molar refractivity (Wildman–Crippen MR) is 55.6 cm³/mol. The van der Waals surface area contributed by atoms with Gasteiger partial charge in [0.1, 0.15) is 9.84 Å². The van der Waals surface area contributed by atoms with Crippen LogP contribution in [0.5, 0.6) is 0 Å². The van der Waals surface area contributed by atoms with Crippen molar-refractivity contribution in [2.75, 3.05) is 25.6 Å². The molecule has 0 aromatic carbocycles. The summed E-state index contributed by atoms with van der Waals surface area (Å²) in [5, 5.41) is 0. The number of carbonyl (C=O) groups is 1. The summed E-state index contributed by atoms with van der Waals surface area (Å²) in [7, 11) is -1.46. The highest BCUT2D eigenvalue weighted by molar-refractivity contribution is 7.90. The zero-order chi connectivity index (χ0) is 11.4. The van der Waals surface area contributed by atoms with Crippen LogP contribution < -0.4 is 5.73 Å². The predicted octanol–water partition coefficient (Wildman–Crippen LogP) is -0.773. The van der Waals surface area contributed by atoms with Gasteiger partial charge in [-0.05, 0) is 6.42 Å². The second-order valence-electron chi connectivity index (χ2n) is 3.40. The molecule has 0 radical (unpaired) electrons. The number of nitrogens with two attached hydrogens (primary N) is 1. The van der Waals surface area contributed by atoms with Crippen LogP contribution in [-0.2, 0) is 14.6 Å². The highest BCUT2D eigenvalue weighted by Gasteiger charge is 2.16. The number of likely N-dealkylation sites (N-methyl/N-ethyl adjacent to an activating group) is 1. The summed E-state index contributed by atoms with van der Waals surface area (Å²) in [6, 6.07) is -0.528. The van der Waals surface area contributed by atoms with Gasteiger partial charge in [0, 0.05) is 19.8 Å². The van der Waals surface area contributed by atoms with Crippen LogP contribution >= 0.6 is 0 Å². The van der Waals surface area contributed by atoms with Crippen molar-refractivity contribution in [3.05, 3.63) is 0 Å². The van der Waals surface area contributed by atoms with Crippen molar-refractivity contribution in [2.45, 2.75) is 19.4 Å².